The van der Waals surface area contributed by atoms with Crippen LogP contribution in [0.2, 0.25) is 0 Å². The van der Waals surface area contributed by atoms with Gasteiger partial charge in [-0.05, 0) is 47.1 Å². The number of likely N-dealkylation sites (tertiary alicyclic amines) is 1. The van der Waals surface area contributed by atoms with Crippen molar-refractivity contribution in [2.75, 3.05) is 36.9 Å². The lowest BCUT2D eigenvalue weighted by Crippen LogP contribution is -2.48. The molecule has 34 heavy (non-hydrogen) atoms. The molecule has 0 amide bonds. The van der Waals surface area contributed by atoms with Crippen molar-refractivity contribution in [2.45, 2.75) is 37.2 Å². The molecule has 2 fully saturated rings. The number of nitrogens with zero attached hydrogens (tertiary/aromatic N) is 1. The Bertz CT molecular complexity index is 1290. The van der Waals surface area contributed by atoms with Gasteiger partial charge in [0.15, 0.2) is 0 Å². The molecule has 9 heteroatoms. The van der Waals surface area contributed by atoms with E-state index in [4.69, 9.17) is 4.18 Å². The molecule has 5 rings (SSSR count). The van der Waals surface area contributed by atoms with Crippen molar-refractivity contribution >= 4 is 25.8 Å². The number of rotatable bonds is 8. The van der Waals surface area contributed by atoms with Crippen LogP contribution in [0.4, 0.5) is 5.69 Å². The third-order valence-corrected chi connectivity index (χ3v) is 9.14. The van der Waals surface area contributed by atoms with E-state index in [9.17, 15) is 16.8 Å². The highest BCUT2D eigenvalue weighted by Crippen LogP contribution is 2.65. The molecule has 3 aliphatic rings. The van der Waals surface area contributed by atoms with Crippen molar-refractivity contribution in [3.63, 3.8) is 0 Å². The number of hydrogen-bond donors (Lipinski definition) is 1. The summed E-state index contributed by atoms with van der Waals surface area (Å²) in [7, 11) is -6.93. The predicted octanol–water partition coefficient (Wildman–Crippen LogP) is 2.78. The first-order chi connectivity index (χ1) is 15.9. The summed E-state index contributed by atoms with van der Waals surface area (Å²) in [5.74, 6) is 0.926. The first-order valence-electron chi connectivity index (χ1n) is 11.7. The monoisotopic (exact) mass is 504 g/mol. The average Bonchev–Trinajstić information content (AvgIpc) is 2.98. The first kappa shape index (κ1) is 23.8. The van der Waals surface area contributed by atoms with Crippen molar-refractivity contribution < 1.29 is 21.0 Å². The van der Waals surface area contributed by atoms with Gasteiger partial charge in [-0.15, -0.1) is 0 Å². The van der Waals surface area contributed by atoms with Gasteiger partial charge in [0.05, 0.1) is 12.5 Å². The second-order valence-electron chi connectivity index (χ2n) is 10.3. The fraction of sp³-hybridized carbons (Fsp3) is 0.520. The Balaban J connectivity index is 1.33. The molecule has 2 aromatic rings. The van der Waals surface area contributed by atoms with Crippen LogP contribution < -0.4 is 4.72 Å². The molecule has 2 aliphatic carbocycles. The minimum absolute atomic E-state index is 0.0369. The zero-order valence-corrected chi connectivity index (χ0v) is 21.5. The normalized spacial score (nSPS) is 27.9. The summed E-state index contributed by atoms with van der Waals surface area (Å²) in [6.45, 7) is 4.54. The molecule has 1 saturated carbocycles. The van der Waals surface area contributed by atoms with E-state index in [1.165, 1.54) is 5.56 Å². The van der Waals surface area contributed by atoms with Crippen LogP contribution in [0.15, 0.2) is 48.5 Å². The standard InChI is InChI=1S/C25H32N2O5S2/c1-4-25(20-10-7-11-21(12-20)26-33(2,28)29)22-15-27(16-23(22)25)17-24(32-34(3,30)31)13-18-8-5-6-9-19(18)14-24/h5-12,22-23,26H,4,13-17H2,1-3H3/t22-,23+,25?. The van der Waals surface area contributed by atoms with Crippen LogP contribution in [0.3, 0.4) is 0 Å². The highest BCUT2D eigenvalue weighted by atomic mass is 32.2. The fourth-order valence-electron chi connectivity index (χ4n) is 6.77. The zero-order chi connectivity index (χ0) is 24.4. The highest BCUT2D eigenvalue weighted by Gasteiger charge is 2.67. The zero-order valence-electron chi connectivity index (χ0n) is 19.8. The average molecular weight is 505 g/mol. The van der Waals surface area contributed by atoms with Gasteiger partial charge in [0.25, 0.3) is 10.1 Å². The molecule has 3 atom stereocenters. The largest absolute Gasteiger partial charge is 0.300 e. The molecule has 1 heterocycles. The molecule has 0 bridgehead atoms. The summed E-state index contributed by atoms with van der Waals surface area (Å²) in [6, 6.07) is 15.9. The Morgan fingerprint density at radius 3 is 2.12 bits per heavy atom. The second kappa shape index (κ2) is 8.05. The van der Waals surface area contributed by atoms with E-state index in [-0.39, 0.29) is 5.41 Å². The summed E-state index contributed by atoms with van der Waals surface area (Å²) in [6.07, 6.45) is 4.48. The van der Waals surface area contributed by atoms with Crippen LogP contribution in [-0.2, 0) is 42.6 Å². The number of nitrogens with one attached hydrogen (secondary N) is 1. The molecule has 7 nitrogen and oxygen atoms in total. The smallest absolute Gasteiger partial charge is 0.264 e. The maximum absolute atomic E-state index is 12.2. The van der Waals surface area contributed by atoms with E-state index in [1.54, 1.807) is 6.07 Å². The molecule has 1 aliphatic heterocycles. The van der Waals surface area contributed by atoms with Gasteiger partial charge in [-0.2, -0.15) is 8.42 Å². The van der Waals surface area contributed by atoms with Gasteiger partial charge in [-0.3, -0.25) is 13.8 Å². The Labute approximate surface area is 202 Å². The molecule has 184 valence electrons. The summed E-state index contributed by atoms with van der Waals surface area (Å²) in [5, 5.41) is 0. The molecule has 1 unspecified atom stereocenters. The molecule has 0 spiro atoms. The van der Waals surface area contributed by atoms with Crippen molar-refractivity contribution in [1.29, 1.82) is 0 Å². The van der Waals surface area contributed by atoms with E-state index in [1.807, 2.05) is 24.3 Å². The topological polar surface area (TPSA) is 92.8 Å². The van der Waals surface area contributed by atoms with Crippen LogP contribution in [0.1, 0.15) is 30.0 Å². The van der Waals surface area contributed by atoms with Crippen molar-refractivity contribution in [2.24, 2.45) is 11.8 Å². The number of anilines is 1. The summed E-state index contributed by atoms with van der Waals surface area (Å²) in [4.78, 5) is 2.36. The third kappa shape index (κ3) is 4.39. The highest BCUT2D eigenvalue weighted by molar-refractivity contribution is 7.92. The van der Waals surface area contributed by atoms with Crippen molar-refractivity contribution in [1.82, 2.24) is 4.90 Å². The lowest BCUT2D eigenvalue weighted by molar-refractivity contribution is 0.0446. The summed E-state index contributed by atoms with van der Waals surface area (Å²) >= 11 is 0. The molecule has 1 N–H and O–H groups in total. The number of sulfonamides is 1. The van der Waals surface area contributed by atoms with Gasteiger partial charge < -0.3 is 0 Å². The van der Waals surface area contributed by atoms with Crippen LogP contribution in [0.5, 0.6) is 0 Å². The van der Waals surface area contributed by atoms with Gasteiger partial charge in [0.1, 0.15) is 5.60 Å². The Morgan fingerprint density at radius 2 is 1.59 bits per heavy atom. The maximum Gasteiger partial charge on any atom is 0.264 e. The van der Waals surface area contributed by atoms with E-state index < -0.39 is 25.7 Å². The molecule has 0 aromatic heterocycles. The molecule has 0 radical (unpaired) electrons. The molecule has 1 saturated heterocycles. The number of hydrogen-bond acceptors (Lipinski definition) is 6. The van der Waals surface area contributed by atoms with E-state index >= 15 is 0 Å². The first-order valence-corrected chi connectivity index (χ1v) is 15.4. The minimum Gasteiger partial charge on any atom is -0.300 e. The summed E-state index contributed by atoms with van der Waals surface area (Å²) < 4.78 is 56.1. The van der Waals surface area contributed by atoms with Crippen molar-refractivity contribution in [3.8, 4) is 0 Å². The third-order valence-electron chi connectivity index (χ3n) is 7.88. The van der Waals surface area contributed by atoms with Crippen LogP contribution >= 0.6 is 0 Å². The van der Waals surface area contributed by atoms with Crippen LogP contribution in [-0.4, -0.2) is 59.5 Å². The number of fused-ring (bicyclic) bond motifs is 2. The van der Waals surface area contributed by atoms with Gasteiger partial charge >= 0.3 is 0 Å². The van der Waals surface area contributed by atoms with Crippen molar-refractivity contribution in [3.05, 3.63) is 65.2 Å². The SMILES string of the molecule is CCC1(c2cccc(NS(C)(=O)=O)c2)[C@@H]2CN(CC3(OS(C)(=O)=O)Cc4ccccc4C3)C[C@@H]21. The van der Waals surface area contributed by atoms with E-state index in [0.29, 0.717) is 36.9 Å². The lowest BCUT2D eigenvalue weighted by atomic mass is 9.87. The minimum atomic E-state index is -3.60. The molecular weight excluding hydrogens is 472 g/mol. The number of benzene rings is 2. The molecular formula is C25H32N2O5S2. The van der Waals surface area contributed by atoms with Gasteiger partial charge in [-0.25, -0.2) is 8.42 Å². The Morgan fingerprint density at radius 1 is 0.971 bits per heavy atom. The Kier molecular flexibility index (Phi) is 5.63. The Hall–Kier alpha value is -1.94. The van der Waals surface area contributed by atoms with Crippen LogP contribution in [0, 0.1) is 11.8 Å². The molecule has 2 aromatic carbocycles. The van der Waals surface area contributed by atoms with E-state index in [2.05, 4.69) is 34.7 Å². The van der Waals surface area contributed by atoms with Gasteiger partial charge in [-0.1, -0.05) is 43.3 Å². The maximum atomic E-state index is 12.2. The van der Waals surface area contributed by atoms with E-state index in [0.717, 1.165) is 43.1 Å². The predicted molar refractivity (Wildman–Crippen MR) is 133 cm³/mol. The quantitative estimate of drug-likeness (QED) is 0.556. The second-order valence-corrected chi connectivity index (χ2v) is 13.7. The van der Waals surface area contributed by atoms with Crippen LogP contribution in [0.25, 0.3) is 0 Å². The lowest BCUT2D eigenvalue weighted by Gasteiger charge is -2.35. The summed E-state index contributed by atoms with van der Waals surface area (Å²) in [5.41, 5.74) is 3.37. The van der Waals surface area contributed by atoms with Gasteiger partial charge in [0, 0.05) is 43.6 Å². The fourth-order valence-corrected chi connectivity index (χ4v) is 8.14. The van der Waals surface area contributed by atoms with Gasteiger partial charge in [0.2, 0.25) is 10.0 Å². The number of piperidine rings is 1.